The van der Waals surface area contributed by atoms with Crippen LogP contribution in [0.3, 0.4) is 0 Å². The number of halogens is 1. The first kappa shape index (κ1) is 13.2. The van der Waals surface area contributed by atoms with Crippen molar-refractivity contribution in [1.82, 2.24) is 9.78 Å². The van der Waals surface area contributed by atoms with Gasteiger partial charge in [-0.3, -0.25) is 4.68 Å². The van der Waals surface area contributed by atoms with E-state index in [0.717, 1.165) is 16.7 Å². The Morgan fingerprint density at radius 1 is 1.35 bits per heavy atom. The second-order valence-corrected chi connectivity index (χ2v) is 3.49. The number of rotatable bonds is 3. The van der Waals surface area contributed by atoms with Crippen LogP contribution in [-0.2, 0) is 13.1 Å². The molecule has 17 heavy (non-hydrogen) atoms. The van der Waals surface area contributed by atoms with E-state index in [-0.39, 0.29) is 19.0 Å². The lowest BCUT2D eigenvalue weighted by Gasteiger charge is -2.00. The molecule has 0 spiro atoms. The SMILES string of the molecule is Cl.N#CCn1cc(-c2cccc(CN)c2)cn1. The molecule has 1 heterocycles. The maximum absolute atomic E-state index is 8.55. The number of nitrogens with two attached hydrogens (primary N) is 1. The van der Waals surface area contributed by atoms with Gasteiger partial charge in [0.1, 0.15) is 6.54 Å². The number of aromatic nitrogens is 2. The van der Waals surface area contributed by atoms with Crippen LogP contribution in [0.15, 0.2) is 36.7 Å². The summed E-state index contributed by atoms with van der Waals surface area (Å²) < 4.78 is 1.62. The summed E-state index contributed by atoms with van der Waals surface area (Å²) in [5.74, 6) is 0. The van der Waals surface area contributed by atoms with Crippen molar-refractivity contribution in [3.8, 4) is 17.2 Å². The third-order valence-electron chi connectivity index (χ3n) is 2.36. The fraction of sp³-hybridized carbons (Fsp3) is 0.167. The topological polar surface area (TPSA) is 67.6 Å². The molecule has 2 aromatic rings. The Balaban J connectivity index is 0.00000144. The van der Waals surface area contributed by atoms with E-state index in [1.54, 1.807) is 10.9 Å². The summed E-state index contributed by atoms with van der Waals surface area (Å²) in [6.45, 7) is 0.802. The van der Waals surface area contributed by atoms with Gasteiger partial charge >= 0.3 is 0 Å². The molecule has 0 radical (unpaired) electrons. The molecule has 0 aliphatic heterocycles. The van der Waals surface area contributed by atoms with Gasteiger partial charge in [-0.2, -0.15) is 10.4 Å². The second-order valence-electron chi connectivity index (χ2n) is 3.49. The van der Waals surface area contributed by atoms with Gasteiger partial charge in [-0.05, 0) is 17.2 Å². The van der Waals surface area contributed by atoms with Gasteiger partial charge < -0.3 is 5.73 Å². The first-order valence-electron chi connectivity index (χ1n) is 5.02. The van der Waals surface area contributed by atoms with Crippen LogP contribution in [0.2, 0.25) is 0 Å². The molecule has 88 valence electrons. The van der Waals surface area contributed by atoms with Crippen LogP contribution >= 0.6 is 12.4 Å². The highest BCUT2D eigenvalue weighted by molar-refractivity contribution is 5.85. The Bertz CT molecular complexity index is 527. The van der Waals surface area contributed by atoms with Crippen LogP contribution in [0.1, 0.15) is 5.56 Å². The highest BCUT2D eigenvalue weighted by atomic mass is 35.5. The summed E-state index contributed by atoms with van der Waals surface area (Å²) >= 11 is 0. The maximum Gasteiger partial charge on any atom is 0.128 e. The molecule has 1 aromatic carbocycles. The Kier molecular flexibility index (Phi) is 4.70. The van der Waals surface area contributed by atoms with E-state index in [1.165, 1.54) is 0 Å². The van der Waals surface area contributed by atoms with Crippen molar-refractivity contribution in [3.05, 3.63) is 42.2 Å². The van der Waals surface area contributed by atoms with Gasteiger partial charge in [-0.25, -0.2) is 0 Å². The molecule has 4 nitrogen and oxygen atoms in total. The number of hydrogen-bond donors (Lipinski definition) is 1. The second kappa shape index (κ2) is 6.04. The lowest BCUT2D eigenvalue weighted by atomic mass is 10.1. The quantitative estimate of drug-likeness (QED) is 0.903. The monoisotopic (exact) mass is 248 g/mol. The molecule has 0 aliphatic rings. The molecule has 0 saturated carbocycles. The van der Waals surface area contributed by atoms with E-state index in [1.807, 2.05) is 30.5 Å². The Labute approximate surface area is 106 Å². The molecule has 5 heteroatoms. The van der Waals surface area contributed by atoms with Gasteiger partial charge in [0.25, 0.3) is 0 Å². The van der Waals surface area contributed by atoms with Crippen LogP contribution in [0.4, 0.5) is 0 Å². The molecule has 0 bridgehead atoms. The highest BCUT2D eigenvalue weighted by Gasteiger charge is 2.01. The third-order valence-corrected chi connectivity index (χ3v) is 2.36. The predicted octanol–water partition coefficient (Wildman–Crippen LogP) is 1.95. The van der Waals surface area contributed by atoms with Crippen LogP contribution in [0, 0.1) is 11.3 Å². The van der Waals surface area contributed by atoms with E-state index in [0.29, 0.717) is 6.54 Å². The fourth-order valence-corrected chi connectivity index (χ4v) is 1.55. The molecule has 1 aromatic heterocycles. The predicted molar refractivity (Wildman–Crippen MR) is 68.4 cm³/mol. The van der Waals surface area contributed by atoms with Crippen LogP contribution < -0.4 is 5.73 Å². The summed E-state index contributed by atoms with van der Waals surface area (Å²) in [4.78, 5) is 0. The lowest BCUT2D eigenvalue weighted by Crippen LogP contribution is -1.95. The Hall–Kier alpha value is -1.83. The average molecular weight is 249 g/mol. The average Bonchev–Trinajstić information content (AvgIpc) is 2.78. The third kappa shape index (κ3) is 3.06. The molecule has 0 unspecified atom stereocenters. The molecular formula is C12H13ClN4. The van der Waals surface area contributed by atoms with Crippen molar-refractivity contribution in [2.24, 2.45) is 5.73 Å². The fourth-order valence-electron chi connectivity index (χ4n) is 1.55. The van der Waals surface area contributed by atoms with Crippen LogP contribution in [-0.4, -0.2) is 9.78 Å². The zero-order valence-electron chi connectivity index (χ0n) is 9.21. The zero-order chi connectivity index (χ0) is 11.4. The van der Waals surface area contributed by atoms with Crippen molar-refractivity contribution < 1.29 is 0 Å². The van der Waals surface area contributed by atoms with Crippen molar-refractivity contribution >= 4 is 12.4 Å². The summed E-state index contributed by atoms with van der Waals surface area (Å²) in [7, 11) is 0. The molecule has 0 amide bonds. The minimum Gasteiger partial charge on any atom is -0.326 e. The molecular weight excluding hydrogens is 236 g/mol. The van der Waals surface area contributed by atoms with Gasteiger partial charge in [-0.15, -0.1) is 12.4 Å². The van der Waals surface area contributed by atoms with Gasteiger partial charge in [0, 0.05) is 18.3 Å². The summed E-state index contributed by atoms with van der Waals surface area (Å²) in [5, 5.41) is 12.7. The van der Waals surface area contributed by atoms with E-state index in [4.69, 9.17) is 11.0 Å². The van der Waals surface area contributed by atoms with Gasteiger partial charge in [0.2, 0.25) is 0 Å². The summed E-state index contributed by atoms with van der Waals surface area (Å²) in [6, 6.07) is 10.1. The van der Waals surface area contributed by atoms with Gasteiger partial charge in [-0.1, -0.05) is 18.2 Å². The number of hydrogen-bond acceptors (Lipinski definition) is 3. The largest absolute Gasteiger partial charge is 0.326 e. The van der Waals surface area contributed by atoms with Crippen LogP contribution in [0.5, 0.6) is 0 Å². The van der Waals surface area contributed by atoms with Gasteiger partial charge in [0.05, 0.1) is 12.3 Å². The Morgan fingerprint density at radius 2 is 2.18 bits per heavy atom. The highest BCUT2D eigenvalue weighted by Crippen LogP contribution is 2.19. The first-order valence-corrected chi connectivity index (χ1v) is 5.02. The molecule has 2 rings (SSSR count). The number of nitrogens with zero attached hydrogens (tertiary/aromatic N) is 3. The van der Waals surface area contributed by atoms with Crippen molar-refractivity contribution in [2.45, 2.75) is 13.1 Å². The molecule has 2 N–H and O–H groups in total. The molecule has 0 aliphatic carbocycles. The molecule has 0 saturated heterocycles. The minimum atomic E-state index is 0. The standard InChI is InChI=1S/C12H12N4.ClH/c13-4-5-16-9-12(8-15-16)11-3-1-2-10(6-11)7-14;/h1-3,6,8-9H,5,7,14H2;1H. The van der Waals surface area contributed by atoms with Crippen LogP contribution in [0.25, 0.3) is 11.1 Å². The van der Waals surface area contributed by atoms with E-state index >= 15 is 0 Å². The number of nitriles is 1. The smallest absolute Gasteiger partial charge is 0.128 e. The van der Waals surface area contributed by atoms with E-state index in [9.17, 15) is 0 Å². The summed E-state index contributed by atoms with van der Waals surface area (Å²) in [6.07, 6.45) is 3.62. The minimum absolute atomic E-state index is 0. The molecule has 0 atom stereocenters. The Morgan fingerprint density at radius 3 is 2.88 bits per heavy atom. The maximum atomic E-state index is 8.55. The summed E-state index contributed by atoms with van der Waals surface area (Å²) in [5.41, 5.74) is 8.76. The van der Waals surface area contributed by atoms with Gasteiger partial charge in [0.15, 0.2) is 0 Å². The first-order chi connectivity index (χ1) is 7.83. The van der Waals surface area contributed by atoms with E-state index in [2.05, 4.69) is 11.2 Å². The molecule has 0 fully saturated rings. The van der Waals surface area contributed by atoms with Crippen molar-refractivity contribution in [2.75, 3.05) is 0 Å². The zero-order valence-corrected chi connectivity index (χ0v) is 10.0. The number of benzene rings is 1. The van der Waals surface area contributed by atoms with E-state index < -0.39 is 0 Å². The lowest BCUT2D eigenvalue weighted by molar-refractivity contribution is 0.710. The van der Waals surface area contributed by atoms with Crippen molar-refractivity contribution in [1.29, 1.82) is 5.26 Å². The normalized spacial score (nSPS) is 9.41. The van der Waals surface area contributed by atoms with Crippen molar-refractivity contribution in [3.63, 3.8) is 0 Å².